The molecule has 0 saturated heterocycles. The number of ether oxygens (including phenoxy) is 1. The lowest BCUT2D eigenvalue weighted by Crippen LogP contribution is -2.31. The number of rotatable bonds is 5. The highest BCUT2D eigenvalue weighted by Crippen LogP contribution is 2.56. The van der Waals surface area contributed by atoms with Crippen LogP contribution in [-0.2, 0) is 4.74 Å². The molecule has 0 radical (unpaired) electrons. The molecule has 1 aromatic heterocycles. The van der Waals surface area contributed by atoms with E-state index in [1.54, 1.807) is 31.5 Å². The fourth-order valence-electron chi connectivity index (χ4n) is 4.01. The molecule has 5 nitrogen and oxygen atoms in total. The van der Waals surface area contributed by atoms with E-state index >= 15 is 0 Å². The first kappa shape index (κ1) is 17.5. The largest absolute Gasteiger partial charge is 0.478 e. The Balaban J connectivity index is 1.80. The molecule has 1 N–H and O–H groups in total. The van der Waals surface area contributed by atoms with Crippen LogP contribution in [0.3, 0.4) is 0 Å². The molecule has 0 amide bonds. The van der Waals surface area contributed by atoms with Gasteiger partial charge in [0.05, 0.1) is 17.3 Å². The fourth-order valence-corrected chi connectivity index (χ4v) is 4.42. The lowest BCUT2D eigenvalue weighted by Gasteiger charge is -2.38. The van der Waals surface area contributed by atoms with Gasteiger partial charge in [-0.3, -0.25) is 0 Å². The van der Waals surface area contributed by atoms with E-state index in [0.717, 1.165) is 21.8 Å². The van der Waals surface area contributed by atoms with E-state index in [1.807, 2.05) is 4.68 Å². The third-order valence-corrected chi connectivity index (χ3v) is 6.26. The van der Waals surface area contributed by atoms with E-state index in [2.05, 4.69) is 40.1 Å². The highest BCUT2D eigenvalue weighted by atomic mass is 79.9. The minimum atomic E-state index is -0.937. The summed E-state index contributed by atoms with van der Waals surface area (Å²) in [6, 6.07) is 5.07. The summed E-state index contributed by atoms with van der Waals surface area (Å²) in [6.07, 6.45) is 9.25. The lowest BCUT2D eigenvalue weighted by atomic mass is 9.71. The number of aromatic carboxylic acids is 1. The Bertz CT molecular complexity index is 942. The molecule has 0 spiro atoms. The number of halogens is 1. The first-order valence-corrected chi connectivity index (χ1v) is 9.54. The van der Waals surface area contributed by atoms with Gasteiger partial charge < -0.3 is 9.84 Å². The second-order valence-electron chi connectivity index (χ2n) is 7.34. The average molecular weight is 417 g/mol. The van der Waals surface area contributed by atoms with Gasteiger partial charge in [0, 0.05) is 17.0 Å². The van der Waals surface area contributed by atoms with Crippen LogP contribution in [0.2, 0.25) is 0 Å². The van der Waals surface area contributed by atoms with Crippen molar-refractivity contribution in [2.24, 2.45) is 11.3 Å². The van der Waals surface area contributed by atoms with Gasteiger partial charge in [0.25, 0.3) is 0 Å². The third kappa shape index (κ3) is 2.81. The van der Waals surface area contributed by atoms with Crippen molar-refractivity contribution in [3.63, 3.8) is 0 Å². The summed E-state index contributed by atoms with van der Waals surface area (Å²) in [5, 5.41) is 14.5. The Labute approximate surface area is 160 Å². The number of nitrogens with zero attached hydrogens (tertiary/aromatic N) is 2. The van der Waals surface area contributed by atoms with Crippen molar-refractivity contribution in [1.29, 1.82) is 0 Å². The van der Waals surface area contributed by atoms with Crippen LogP contribution in [0.5, 0.6) is 0 Å². The van der Waals surface area contributed by atoms with Gasteiger partial charge in [0.2, 0.25) is 0 Å². The second-order valence-corrected chi connectivity index (χ2v) is 8.26. The number of carboxylic acid groups (broad SMARTS) is 1. The van der Waals surface area contributed by atoms with Crippen LogP contribution in [-0.4, -0.2) is 28.0 Å². The van der Waals surface area contributed by atoms with Gasteiger partial charge in [-0.1, -0.05) is 28.9 Å². The number of aromatic nitrogens is 2. The highest BCUT2D eigenvalue weighted by Gasteiger charge is 2.47. The quantitative estimate of drug-likeness (QED) is 0.751. The molecule has 26 heavy (non-hydrogen) atoms. The minimum Gasteiger partial charge on any atom is -0.478 e. The number of methoxy groups -OCH3 is 1. The Hall–Kier alpha value is -1.92. The van der Waals surface area contributed by atoms with Gasteiger partial charge in [0.1, 0.15) is 0 Å². The van der Waals surface area contributed by atoms with E-state index in [1.165, 1.54) is 18.4 Å². The summed E-state index contributed by atoms with van der Waals surface area (Å²) in [5.74, 6) is -0.267. The van der Waals surface area contributed by atoms with Crippen molar-refractivity contribution in [2.75, 3.05) is 7.11 Å². The fraction of sp³-hybridized carbons (Fsp3) is 0.400. The van der Waals surface area contributed by atoms with Crippen LogP contribution < -0.4 is 0 Å². The molecule has 1 saturated carbocycles. The zero-order chi connectivity index (χ0) is 18.5. The Morgan fingerprint density at radius 3 is 2.88 bits per heavy atom. The summed E-state index contributed by atoms with van der Waals surface area (Å²) in [5.41, 5.74) is 2.39. The number of hydrogen-bond donors (Lipinski definition) is 1. The molecule has 2 unspecified atom stereocenters. The monoisotopic (exact) mass is 416 g/mol. The number of allylic oxidation sites excluding steroid dienone is 3. The molecule has 2 atom stereocenters. The summed E-state index contributed by atoms with van der Waals surface area (Å²) in [6.45, 7) is 2.31. The second kappa shape index (κ2) is 6.35. The molecule has 2 aliphatic carbocycles. The SMILES string of the molecule is COC(C1=CC(Br)=CCC1(C)C1CC1)n1ncc2cc(C(=O)O)ccc21. The molecule has 0 bridgehead atoms. The zero-order valence-electron chi connectivity index (χ0n) is 14.8. The molecular weight excluding hydrogens is 396 g/mol. The number of benzene rings is 1. The van der Waals surface area contributed by atoms with E-state index in [-0.39, 0.29) is 17.2 Å². The molecule has 6 heteroatoms. The maximum atomic E-state index is 11.2. The van der Waals surface area contributed by atoms with Crippen LogP contribution >= 0.6 is 15.9 Å². The zero-order valence-corrected chi connectivity index (χ0v) is 16.4. The number of carboxylic acids is 1. The Morgan fingerprint density at radius 1 is 1.46 bits per heavy atom. The molecule has 1 aromatic carbocycles. The van der Waals surface area contributed by atoms with Gasteiger partial charge in [-0.15, -0.1) is 0 Å². The summed E-state index contributed by atoms with van der Waals surface area (Å²) < 4.78 is 8.84. The minimum absolute atomic E-state index is 0.0528. The average Bonchev–Trinajstić information content (AvgIpc) is 3.40. The maximum Gasteiger partial charge on any atom is 0.335 e. The van der Waals surface area contributed by atoms with E-state index < -0.39 is 5.97 Å². The molecule has 1 fully saturated rings. The van der Waals surface area contributed by atoms with Gasteiger partial charge in [-0.05, 0) is 60.4 Å². The topological polar surface area (TPSA) is 64.4 Å². The normalized spacial score (nSPS) is 24.3. The number of carbonyl (C=O) groups is 1. The Morgan fingerprint density at radius 2 is 2.23 bits per heavy atom. The van der Waals surface area contributed by atoms with Crippen LogP contribution in [0.25, 0.3) is 10.9 Å². The molecule has 2 aromatic rings. The van der Waals surface area contributed by atoms with E-state index in [0.29, 0.717) is 5.92 Å². The molecule has 2 aliphatic rings. The van der Waals surface area contributed by atoms with Crippen molar-refractivity contribution in [1.82, 2.24) is 9.78 Å². The van der Waals surface area contributed by atoms with Crippen LogP contribution in [0.1, 0.15) is 42.8 Å². The summed E-state index contributed by atoms with van der Waals surface area (Å²) in [7, 11) is 1.70. The summed E-state index contributed by atoms with van der Waals surface area (Å²) >= 11 is 3.62. The predicted molar refractivity (Wildman–Crippen MR) is 103 cm³/mol. The van der Waals surface area contributed by atoms with Crippen molar-refractivity contribution in [3.05, 3.63) is 52.2 Å². The lowest BCUT2D eigenvalue weighted by molar-refractivity contribution is 0.0454. The third-order valence-electron chi connectivity index (χ3n) is 5.71. The molecule has 1 heterocycles. The van der Waals surface area contributed by atoms with E-state index in [4.69, 9.17) is 4.74 Å². The van der Waals surface area contributed by atoms with Crippen LogP contribution in [0, 0.1) is 11.3 Å². The smallest absolute Gasteiger partial charge is 0.335 e. The summed E-state index contributed by atoms with van der Waals surface area (Å²) in [4.78, 5) is 11.2. The van der Waals surface area contributed by atoms with Crippen molar-refractivity contribution >= 4 is 32.8 Å². The van der Waals surface area contributed by atoms with Crippen molar-refractivity contribution < 1.29 is 14.6 Å². The standard InChI is InChI=1S/C20H21BrN2O3/c1-20(14-4-5-14)8-7-15(21)10-16(20)18(26-2)23-17-6-3-12(19(24)25)9-13(17)11-22-23/h3,6-7,9-11,14,18H,4-5,8H2,1-2H3,(H,24,25). The van der Waals surface area contributed by atoms with Gasteiger partial charge in [-0.25, -0.2) is 9.48 Å². The number of fused-ring (bicyclic) bond motifs is 1. The first-order chi connectivity index (χ1) is 12.4. The van der Waals surface area contributed by atoms with E-state index in [9.17, 15) is 9.90 Å². The number of hydrogen-bond acceptors (Lipinski definition) is 3. The molecule has 4 rings (SSSR count). The Kier molecular flexibility index (Phi) is 4.28. The molecule has 0 aliphatic heterocycles. The first-order valence-electron chi connectivity index (χ1n) is 8.75. The van der Waals surface area contributed by atoms with Crippen LogP contribution in [0.4, 0.5) is 0 Å². The van der Waals surface area contributed by atoms with Crippen molar-refractivity contribution in [2.45, 2.75) is 32.4 Å². The van der Waals surface area contributed by atoms with Gasteiger partial charge in [-0.2, -0.15) is 5.10 Å². The predicted octanol–water partition coefficient (Wildman–Crippen LogP) is 4.90. The molecule has 136 valence electrons. The molecular formula is C20H21BrN2O3. The highest BCUT2D eigenvalue weighted by molar-refractivity contribution is 9.11. The van der Waals surface area contributed by atoms with Gasteiger partial charge in [0.15, 0.2) is 6.23 Å². The van der Waals surface area contributed by atoms with Crippen molar-refractivity contribution in [3.8, 4) is 0 Å². The van der Waals surface area contributed by atoms with Crippen LogP contribution in [0.15, 0.2) is 46.6 Å². The van der Waals surface area contributed by atoms with Gasteiger partial charge >= 0.3 is 5.97 Å². The maximum absolute atomic E-state index is 11.2.